The monoisotopic (exact) mass is 286 g/mol. The maximum atomic E-state index is 12.2. The SMILES string of the molecule is CCNC(=O)C(C)NC(=O)c1cc2ccccc2c(N)n1. The maximum absolute atomic E-state index is 12.2. The van der Waals surface area contributed by atoms with Crippen molar-refractivity contribution in [1.82, 2.24) is 15.6 Å². The van der Waals surface area contributed by atoms with Crippen LogP contribution < -0.4 is 16.4 Å². The quantitative estimate of drug-likeness (QED) is 0.783. The van der Waals surface area contributed by atoms with Crippen molar-refractivity contribution in [3.63, 3.8) is 0 Å². The summed E-state index contributed by atoms with van der Waals surface area (Å²) >= 11 is 0. The number of nitrogens with one attached hydrogen (secondary N) is 2. The third-order valence-electron chi connectivity index (χ3n) is 3.09. The second-order valence-corrected chi connectivity index (χ2v) is 4.70. The Kier molecular flexibility index (Phi) is 4.37. The molecule has 110 valence electrons. The van der Waals surface area contributed by atoms with Crippen molar-refractivity contribution in [2.45, 2.75) is 19.9 Å². The van der Waals surface area contributed by atoms with Gasteiger partial charge in [-0.1, -0.05) is 24.3 Å². The number of fused-ring (bicyclic) bond motifs is 1. The molecule has 0 saturated heterocycles. The highest BCUT2D eigenvalue weighted by atomic mass is 16.2. The molecule has 0 saturated carbocycles. The molecule has 1 heterocycles. The van der Waals surface area contributed by atoms with Crippen LogP contribution in [-0.2, 0) is 4.79 Å². The third-order valence-corrected chi connectivity index (χ3v) is 3.09. The van der Waals surface area contributed by atoms with Crippen LogP contribution in [0.3, 0.4) is 0 Å². The largest absolute Gasteiger partial charge is 0.383 e. The molecular weight excluding hydrogens is 268 g/mol. The van der Waals surface area contributed by atoms with E-state index in [2.05, 4.69) is 15.6 Å². The number of amides is 2. The van der Waals surface area contributed by atoms with Crippen LogP contribution in [0.5, 0.6) is 0 Å². The summed E-state index contributed by atoms with van der Waals surface area (Å²) in [6.45, 7) is 3.95. The van der Waals surface area contributed by atoms with Crippen molar-refractivity contribution in [3.05, 3.63) is 36.0 Å². The molecule has 0 radical (unpaired) electrons. The number of rotatable bonds is 4. The van der Waals surface area contributed by atoms with Gasteiger partial charge in [-0.05, 0) is 25.3 Å². The Balaban J connectivity index is 2.22. The van der Waals surface area contributed by atoms with Crippen LogP contribution in [0.25, 0.3) is 10.8 Å². The third kappa shape index (κ3) is 3.28. The van der Waals surface area contributed by atoms with Gasteiger partial charge in [0.05, 0.1) is 0 Å². The highest BCUT2D eigenvalue weighted by Crippen LogP contribution is 2.19. The smallest absolute Gasteiger partial charge is 0.270 e. The van der Waals surface area contributed by atoms with Gasteiger partial charge in [0.25, 0.3) is 5.91 Å². The van der Waals surface area contributed by atoms with Crippen molar-refractivity contribution in [2.24, 2.45) is 0 Å². The number of carbonyl (C=O) groups is 2. The molecule has 6 nitrogen and oxygen atoms in total. The van der Waals surface area contributed by atoms with Gasteiger partial charge in [0.15, 0.2) is 0 Å². The van der Waals surface area contributed by atoms with Crippen LogP contribution in [0.4, 0.5) is 5.82 Å². The number of aromatic nitrogens is 1. The first-order chi connectivity index (χ1) is 10.0. The van der Waals surface area contributed by atoms with Crippen molar-refractivity contribution >= 4 is 28.4 Å². The van der Waals surface area contributed by atoms with E-state index in [4.69, 9.17) is 5.73 Å². The summed E-state index contributed by atoms with van der Waals surface area (Å²) in [5, 5.41) is 6.88. The molecule has 1 aromatic carbocycles. The minimum Gasteiger partial charge on any atom is -0.383 e. The van der Waals surface area contributed by atoms with Gasteiger partial charge in [-0.2, -0.15) is 0 Å². The lowest BCUT2D eigenvalue weighted by atomic mass is 10.1. The number of nitrogens with zero attached hydrogens (tertiary/aromatic N) is 1. The van der Waals surface area contributed by atoms with Gasteiger partial charge in [0, 0.05) is 11.9 Å². The number of nitrogens with two attached hydrogens (primary N) is 1. The zero-order valence-electron chi connectivity index (χ0n) is 12.0. The van der Waals surface area contributed by atoms with E-state index in [1.807, 2.05) is 31.2 Å². The summed E-state index contributed by atoms with van der Waals surface area (Å²) in [5.74, 6) is -0.366. The number of nitrogen functional groups attached to an aromatic ring is 1. The first-order valence-corrected chi connectivity index (χ1v) is 6.76. The van der Waals surface area contributed by atoms with E-state index < -0.39 is 11.9 Å². The van der Waals surface area contributed by atoms with Crippen LogP contribution in [-0.4, -0.2) is 29.4 Å². The maximum Gasteiger partial charge on any atom is 0.270 e. The molecule has 6 heteroatoms. The summed E-state index contributed by atoms with van der Waals surface area (Å²) in [7, 11) is 0. The van der Waals surface area contributed by atoms with Crippen LogP contribution >= 0.6 is 0 Å². The molecule has 1 atom stereocenters. The lowest BCUT2D eigenvalue weighted by molar-refractivity contribution is -0.122. The summed E-state index contributed by atoms with van der Waals surface area (Å²) in [6.07, 6.45) is 0. The molecule has 2 aromatic rings. The van der Waals surface area contributed by atoms with Crippen molar-refractivity contribution in [3.8, 4) is 0 Å². The zero-order valence-corrected chi connectivity index (χ0v) is 12.0. The number of hydrogen-bond donors (Lipinski definition) is 3. The minimum atomic E-state index is -0.632. The zero-order chi connectivity index (χ0) is 15.4. The summed E-state index contributed by atoms with van der Waals surface area (Å²) < 4.78 is 0. The average molecular weight is 286 g/mol. The topological polar surface area (TPSA) is 97.1 Å². The van der Waals surface area contributed by atoms with E-state index in [0.29, 0.717) is 12.4 Å². The van der Waals surface area contributed by atoms with Crippen LogP contribution in [0.15, 0.2) is 30.3 Å². The van der Waals surface area contributed by atoms with Gasteiger partial charge in [-0.25, -0.2) is 4.98 Å². The first kappa shape index (κ1) is 14.8. The van der Waals surface area contributed by atoms with Gasteiger partial charge in [-0.15, -0.1) is 0 Å². The standard InChI is InChI=1S/C15H18N4O2/c1-3-17-14(20)9(2)18-15(21)12-8-10-6-4-5-7-11(10)13(16)19-12/h4-9H,3H2,1-2H3,(H2,16,19)(H,17,20)(H,18,21). The van der Waals surface area contributed by atoms with Gasteiger partial charge < -0.3 is 16.4 Å². The number of carbonyl (C=O) groups excluding carboxylic acids is 2. The Morgan fingerprint density at radius 2 is 2.05 bits per heavy atom. The Labute approximate surface area is 122 Å². The minimum absolute atomic E-state index is 0.197. The molecule has 1 aromatic heterocycles. The van der Waals surface area contributed by atoms with Gasteiger partial charge >= 0.3 is 0 Å². The highest BCUT2D eigenvalue weighted by Gasteiger charge is 2.17. The van der Waals surface area contributed by atoms with Crippen LogP contribution in [0, 0.1) is 0 Å². The fraction of sp³-hybridized carbons (Fsp3) is 0.267. The first-order valence-electron chi connectivity index (χ1n) is 6.76. The van der Waals surface area contributed by atoms with E-state index in [-0.39, 0.29) is 11.6 Å². The lowest BCUT2D eigenvalue weighted by Crippen LogP contribution is -2.44. The molecule has 2 rings (SSSR count). The molecule has 0 bridgehead atoms. The molecule has 0 aliphatic carbocycles. The number of pyridine rings is 1. The Bertz CT molecular complexity index is 684. The average Bonchev–Trinajstić information content (AvgIpc) is 2.47. The Morgan fingerprint density at radius 3 is 2.76 bits per heavy atom. The molecule has 0 aliphatic rings. The van der Waals surface area contributed by atoms with Crippen molar-refractivity contribution in [2.75, 3.05) is 12.3 Å². The lowest BCUT2D eigenvalue weighted by Gasteiger charge is -2.13. The predicted molar refractivity (Wildman–Crippen MR) is 81.8 cm³/mol. The molecule has 2 amide bonds. The number of anilines is 1. The van der Waals surface area contributed by atoms with E-state index in [9.17, 15) is 9.59 Å². The van der Waals surface area contributed by atoms with E-state index in [1.54, 1.807) is 13.0 Å². The van der Waals surface area contributed by atoms with Crippen LogP contribution in [0.1, 0.15) is 24.3 Å². The second-order valence-electron chi connectivity index (χ2n) is 4.70. The van der Waals surface area contributed by atoms with Gasteiger partial charge in [-0.3, -0.25) is 9.59 Å². The van der Waals surface area contributed by atoms with Gasteiger partial charge in [0.2, 0.25) is 5.91 Å². The molecule has 4 N–H and O–H groups in total. The Hall–Kier alpha value is -2.63. The second kappa shape index (κ2) is 6.21. The number of hydrogen-bond acceptors (Lipinski definition) is 4. The van der Waals surface area contributed by atoms with E-state index in [0.717, 1.165) is 10.8 Å². The molecular formula is C15H18N4O2. The highest BCUT2D eigenvalue weighted by molar-refractivity contribution is 6.01. The molecule has 21 heavy (non-hydrogen) atoms. The normalized spacial score (nSPS) is 11.9. The van der Waals surface area contributed by atoms with Crippen molar-refractivity contribution < 1.29 is 9.59 Å². The number of likely N-dealkylation sites (N-methyl/N-ethyl adjacent to an activating group) is 1. The van der Waals surface area contributed by atoms with E-state index >= 15 is 0 Å². The van der Waals surface area contributed by atoms with E-state index in [1.165, 1.54) is 0 Å². The van der Waals surface area contributed by atoms with Gasteiger partial charge in [0.1, 0.15) is 17.6 Å². The fourth-order valence-electron chi connectivity index (χ4n) is 2.01. The summed E-state index contributed by atoms with van der Waals surface area (Å²) in [6, 6.07) is 8.45. The molecule has 1 unspecified atom stereocenters. The molecule has 0 spiro atoms. The summed E-state index contributed by atoms with van der Waals surface area (Å²) in [4.78, 5) is 27.9. The Morgan fingerprint density at radius 1 is 1.33 bits per heavy atom. The van der Waals surface area contributed by atoms with Crippen molar-refractivity contribution in [1.29, 1.82) is 0 Å². The fourth-order valence-corrected chi connectivity index (χ4v) is 2.01. The predicted octanol–water partition coefficient (Wildman–Crippen LogP) is 1.07. The molecule has 0 aliphatic heterocycles. The molecule has 0 fully saturated rings. The summed E-state index contributed by atoms with van der Waals surface area (Å²) in [5.41, 5.74) is 6.06. The van der Waals surface area contributed by atoms with Crippen LogP contribution in [0.2, 0.25) is 0 Å². The number of benzene rings is 1.